The van der Waals surface area contributed by atoms with Crippen LogP contribution >= 0.6 is 12.2 Å². The van der Waals surface area contributed by atoms with E-state index in [2.05, 4.69) is 17.5 Å². The summed E-state index contributed by atoms with van der Waals surface area (Å²) in [6, 6.07) is 4.96. The van der Waals surface area contributed by atoms with Crippen molar-refractivity contribution in [2.24, 2.45) is 5.73 Å². The van der Waals surface area contributed by atoms with E-state index >= 15 is 0 Å². The number of carbonyl (C=O) groups excluding carboxylic acids is 1. The summed E-state index contributed by atoms with van der Waals surface area (Å²) < 4.78 is 35.4. The third-order valence-electron chi connectivity index (χ3n) is 1.84. The number of carbonyl (C=O) groups is 1. The molecular weight excluding hydrogens is 279 g/mol. The quantitative estimate of drug-likeness (QED) is 0.769. The Hall–Kier alpha value is -1.54. The number of nitrogens with one attached hydrogen (secondary N) is 1. The standard InChI is InChI=1S/C10H11FN2O3S2/c11-7-1-3-8(4-2-7)13-10(14)6-18(15,16)5-9(12)17/h1-4H,5-6H2,(H2,12,17)(H,13,14). The number of halogens is 1. The number of hydrogen-bond acceptors (Lipinski definition) is 4. The number of hydrogen-bond donors (Lipinski definition) is 2. The van der Waals surface area contributed by atoms with E-state index in [9.17, 15) is 17.6 Å². The first-order chi connectivity index (χ1) is 8.28. The van der Waals surface area contributed by atoms with Crippen molar-refractivity contribution >= 4 is 38.6 Å². The topological polar surface area (TPSA) is 89.3 Å². The van der Waals surface area contributed by atoms with Gasteiger partial charge in [0.25, 0.3) is 0 Å². The molecule has 1 aromatic carbocycles. The molecule has 0 bridgehead atoms. The predicted octanol–water partition coefficient (Wildman–Crippen LogP) is 0.465. The lowest BCUT2D eigenvalue weighted by atomic mass is 10.3. The summed E-state index contributed by atoms with van der Waals surface area (Å²) in [4.78, 5) is 11.2. The second-order valence-electron chi connectivity index (χ2n) is 3.55. The van der Waals surface area contributed by atoms with Crippen LogP contribution in [-0.2, 0) is 14.6 Å². The fraction of sp³-hybridized carbons (Fsp3) is 0.200. The van der Waals surface area contributed by atoms with Gasteiger partial charge < -0.3 is 11.1 Å². The summed E-state index contributed by atoms with van der Waals surface area (Å²) in [5, 5.41) is 2.33. The minimum Gasteiger partial charge on any atom is -0.392 e. The molecule has 98 valence electrons. The van der Waals surface area contributed by atoms with Gasteiger partial charge in [0, 0.05) is 5.69 Å². The highest BCUT2D eigenvalue weighted by Gasteiger charge is 2.17. The summed E-state index contributed by atoms with van der Waals surface area (Å²) in [5.74, 6) is -2.41. The molecule has 3 N–H and O–H groups in total. The van der Waals surface area contributed by atoms with Crippen molar-refractivity contribution in [3.8, 4) is 0 Å². The summed E-state index contributed by atoms with van der Waals surface area (Å²) >= 11 is 4.47. The van der Waals surface area contributed by atoms with Crippen LogP contribution in [0.25, 0.3) is 0 Å². The summed E-state index contributed by atoms with van der Waals surface area (Å²) in [5.41, 5.74) is 5.41. The van der Waals surface area contributed by atoms with Crippen LogP contribution < -0.4 is 11.1 Å². The van der Waals surface area contributed by atoms with Crippen molar-refractivity contribution < 1.29 is 17.6 Å². The van der Waals surface area contributed by atoms with E-state index in [-0.39, 0.29) is 4.99 Å². The van der Waals surface area contributed by atoms with E-state index in [0.717, 1.165) is 12.1 Å². The Kier molecular flexibility index (Phi) is 4.74. The Bertz CT molecular complexity index is 555. The van der Waals surface area contributed by atoms with E-state index in [0.29, 0.717) is 5.69 Å². The molecule has 0 unspecified atom stereocenters. The van der Waals surface area contributed by atoms with Crippen LogP contribution in [0.15, 0.2) is 24.3 Å². The van der Waals surface area contributed by atoms with Crippen LogP contribution in [0, 0.1) is 5.82 Å². The van der Waals surface area contributed by atoms with Gasteiger partial charge in [0.15, 0.2) is 9.84 Å². The molecule has 0 saturated heterocycles. The maximum absolute atomic E-state index is 12.6. The summed E-state index contributed by atoms with van der Waals surface area (Å²) in [6.45, 7) is 0. The molecule has 0 spiro atoms. The molecule has 0 heterocycles. The van der Waals surface area contributed by atoms with Crippen molar-refractivity contribution in [3.63, 3.8) is 0 Å². The fourth-order valence-electron chi connectivity index (χ4n) is 1.20. The van der Waals surface area contributed by atoms with E-state index < -0.39 is 33.1 Å². The molecule has 0 aliphatic rings. The molecule has 1 amide bonds. The number of benzene rings is 1. The Labute approximate surface area is 109 Å². The summed E-state index contributed by atoms with van der Waals surface area (Å²) in [6.07, 6.45) is 0. The smallest absolute Gasteiger partial charge is 0.239 e. The lowest BCUT2D eigenvalue weighted by Crippen LogP contribution is -2.29. The highest BCUT2D eigenvalue weighted by Crippen LogP contribution is 2.08. The fourth-order valence-corrected chi connectivity index (χ4v) is 2.74. The highest BCUT2D eigenvalue weighted by molar-refractivity contribution is 7.94. The molecule has 18 heavy (non-hydrogen) atoms. The zero-order valence-electron chi connectivity index (χ0n) is 9.22. The number of sulfone groups is 1. The Morgan fingerprint density at radius 2 is 1.83 bits per heavy atom. The molecule has 0 aliphatic heterocycles. The number of rotatable bonds is 5. The Morgan fingerprint density at radius 3 is 2.33 bits per heavy atom. The minimum atomic E-state index is -3.66. The third kappa shape index (κ3) is 5.19. The minimum absolute atomic E-state index is 0.190. The van der Waals surface area contributed by atoms with Crippen molar-refractivity contribution in [2.45, 2.75) is 0 Å². The molecule has 0 saturated carbocycles. The van der Waals surface area contributed by atoms with Crippen LogP contribution in [-0.4, -0.2) is 30.8 Å². The number of thiocarbonyl (C=S) groups is 1. The maximum atomic E-state index is 12.6. The third-order valence-corrected chi connectivity index (χ3v) is 3.62. The van der Waals surface area contributed by atoms with Gasteiger partial charge in [0.05, 0.1) is 4.99 Å². The molecule has 0 aromatic heterocycles. The summed E-state index contributed by atoms with van der Waals surface area (Å²) in [7, 11) is -3.66. The van der Waals surface area contributed by atoms with Crippen LogP contribution in [0.5, 0.6) is 0 Å². The van der Waals surface area contributed by atoms with Gasteiger partial charge in [-0.25, -0.2) is 12.8 Å². The molecule has 0 radical (unpaired) electrons. The van der Waals surface area contributed by atoms with Gasteiger partial charge in [-0.05, 0) is 24.3 Å². The SMILES string of the molecule is NC(=S)CS(=O)(=O)CC(=O)Nc1ccc(F)cc1. The average Bonchev–Trinajstić information content (AvgIpc) is 2.18. The lowest BCUT2D eigenvalue weighted by Gasteiger charge is -2.05. The molecule has 1 aromatic rings. The Balaban J connectivity index is 2.62. The van der Waals surface area contributed by atoms with E-state index in [1.54, 1.807) is 0 Å². The zero-order chi connectivity index (χ0) is 13.8. The highest BCUT2D eigenvalue weighted by atomic mass is 32.2. The molecule has 1 rings (SSSR count). The van der Waals surface area contributed by atoms with Crippen molar-refractivity contribution in [1.29, 1.82) is 0 Å². The number of amides is 1. The van der Waals surface area contributed by atoms with E-state index in [1.807, 2.05) is 0 Å². The monoisotopic (exact) mass is 290 g/mol. The van der Waals surface area contributed by atoms with Gasteiger partial charge in [-0.1, -0.05) is 12.2 Å². The van der Waals surface area contributed by atoms with Gasteiger partial charge in [0.1, 0.15) is 17.3 Å². The predicted molar refractivity (Wildman–Crippen MR) is 70.5 cm³/mol. The van der Waals surface area contributed by atoms with Crippen LogP contribution in [0.1, 0.15) is 0 Å². The molecule has 0 fully saturated rings. The number of nitrogens with two attached hydrogens (primary N) is 1. The average molecular weight is 290 g/mol. The maximum Gasteiger partial charge on any atom is 0.239 e. The van der Waals surface area contributed by atoms with Crippen molar-refractivity contribution in [1.82, 2.24) is 0 Å². The first-order valence-corrected chi connectivity index (χ1v) is 7.05. The van der Waals surface area contributed by atoms with Gasteiger partial charge in [0.2, 0.25) is 5.91 Å². The first kappa shape index (κ1) is 14.5. The second-order valence-corrected chi connectivity index (χ2v) is 6.14. The molecule has 0 aliphatic carbocycles. The normalized spacial score (nSPS) is 10.9. The van der Waals surface area contributed by atoms with Crippen LogP contribution in [0.3, 0.4) is 0 Å². The second kappa shape index (κ2) is 5.87. The van der Waals surface area contributed by atoms with Gasteiger partial charge in [-0.3, -0.25) is 4.79 Å². The zero-order valence-corrected chi connectivity index (χ0v) is 10.9. The van der Waals surface area contributed by atoms with Crippen LogP contribution in [0.4, 0.5) is 10.1 Å². The lowest BCUT2D eigenvalue weighted by molar-refractivity contribution is -0.113. The van der Waals surface area contributed by atoms with Crippen molar-refractivity contribution in [3.05, 3.63) is 30.1 Å². The molecule has 8 heteroatoms. The van der Waals surface area contributed by atoms with E-state index in [4.69, 9.17) is 5.73 Å². The van der Waals surface area contributed by atoms with Gasteiger partial charge >= 0.3 is 0 Å². The largest absolute Gasteiger partial charge is 0.392 e. The number of anilines is 1. The molecule has 5 nitrogen and oxygen atoms in total. The van der Waals surface area contributed by atoms with Crippen molar-refractivity contribution in [2.75, 3.05) is 16.8 Å². The van der Waals surface area contributed by atoms with Crippen LogP contribution in [0.2, 0.25) is 0 Å². The molecular formula is C10H11FN2O3S2. The van der Waals surface area contributed by atoms with E-state index in [1.165, 1.54) is 12.1 Å². The Morgan fingerprint density at radius 1 is 1.28 bits per heavy atom. The van der Waals surface area contributed by atoms with Gasteiger partial charge in [-0.15, -0.1) is 0 Å². The first-order valence-electron chi connectivity index (χ1n) is 4.83. The van der Waals surface area contributed by atoms with Gasteiger partial charge in [-0.2, -0.15) is 0 Å². The molecule has 0 atom stereocenters.